The van der Waals surface area contributed by atoms with Crippen molar-refractivity contribution in [3.63, 3.8) is 0 Å². The van der Waals surface area contributed by atoms with Gasteiger partial charge in [0, 0.05) is 29.5 Å². The van der Waals surface area contributed by atoms with Gasteiger partial charge in [-0.15, -0.1) is 0 Å². The van der Waals surface area contributed by atoms with Gasteiger partial charge in [-0.05, 0) is 26.0 Å². The predicted molar refractivity (Wildman–Crippen MR) is 103 cm³/mol. The molecule has 0 radical (unpaired) electrons. The molecule has 0 spiro atoms. The van der Waals surface area contributed by atoms with Crippen LogP contribution in [0.3, 0.4) is 0 Å². The van der Waals surface area contributed by atoms with Gasteiger partial charge in [0.05, 0.1) is 22.6 Å². The van der Waals surface area contributed by atoms with Crippen molar-refractivity contribution in [2.24, 2.45) is 4.99 Å². The molecule has 4 nitrogen and oxygen atoms in total. The largest absolute Gasteiger partial charge is 0.344 e. The second kappa shape index (κ2) is 5.96. The molecule has 2 aromatic carbocycles. The maximum Gasteiger partial charge on any atom is 0.129 e. The Labute approximate surface area is 148 Å². The van der Waals surface area contributed by atoms with Crippen LogP contribution in [-0.4, -0.2) is 15.8 Å². The van der Waals surface area contributed by atoms with Crippen molar-refractivity contribution in [2.45, 2.75) is 39.2 Å². The molecule has 1 N–H and O–H groups in total. The van der Waals surface area contributed by atoms with Gasteiger partial charge in [-0.1, -0.05) is 43.3 Å². The minimum atomic E-state index is -0.339. The zero-order valence-corrected chi connectivity index (χ0v) is 14.9. The minimum absolute atomic E-state index is 0.339. The second-order valence-electron chi connectivity index (χ2n) is 6.78. The zero-order chi connectivity index (χ0) is 17.4. The third kappa shape index (κ3) is 2.78. The van der Waals surface area contributed by atoms with E-state index < -0.39 is 0 Å². The van der Waals surface area contributed by atoms with Gasteiger partial charge in [0.2, 0.25) is 0 Å². The van der Waals surface area contributed by atoms with Gasteiger partial charge in [0.1, 0.15) is 5.82 Å². The van der Waals surface area contributed by atoms with Crippen LogP contribution in [0.2, 0.25) is 0 Å². The average Bonchev–Trinajstić information content (AvgIpc) is 2.61. The summed E-state index contributed by atoms with van der Waals surface area (Å²) in [4.78, 5) is 14.5. The first-order chi connectivity index (χ1) is 12.1. The Bertz CT molecular complexity index is 977. The lowest BCUT2D eigenvalue weighted by atomic mass is 9.84. The molecule has 126 valence electrons. The number of hydrogen-bond acceptors (Lipinski definition) is 4. The van der Waals surface area contributed by atoms with Crippen LogP contribution in [0.1, 0.15) is 37.9 Å². The Kier molecular flexibility index (Phi) is 3.75. The van der Waals surface area contributed by atoms with Gasteiger partial charge in [-0.25, -0.2) is 9.97 Å². The van der Waals surface area contributed by atoms with E-state index in [-0.39, 0.29) is 5.54 Å². The van der Waals surface area contributed by atoms with Crippen LogP contribution >= 0.6 is 0 Å². The molecule has 4 rings (SSSR count). The van der Waals surface area contributed by atoms with Gasteiger partial charge >= 0.3 is 0 Å². The van der Waals surface area contributed by atoms with Gasteiger partial charge in [0.15, 0.2) is 0 Å². The SMILES string of the molecule is CCc1nc(CC2(C)N=C(C)Nc3ccccc32)c2ccccc2n1. The Morgan fingerprint density at radius 2 is 1.76 bits per heavy atom. The molecular weight excluding hydrogens is 308 g/mol. The fraction of sp³-hybridized carbons (Fsp3) is 0.286. The van der Waals surface area contributed by atoms with Gasteiger partial charge in [0.25, 0.3) is 0 Å². The normalized spacial score (nSPS) is 19.2. The number of benzene rings is 2. The second-order valence-corrected chi connectivity index (χ2v) is 6.78. The van der Waals surface area contributed by atoms with E-state index >= 15 is 0 Å². The van der Waals surface area contributed by atoms with Crippen LogP contribution in [0.25, 0.3) is 10.9 Å². The quantitative estimate of drug-likeness (QED) is 0.769. The van der Waals surface area contributed by atoms with Crippen molar-refractivity contribution < 1.29 is 0 Å². The Hall–Kier alpha value is -2.75. The highest BCUT2D eigenvalue weighted by atomic mass is 15.1. The number of nitrogens with zero attached hydrogens (tertiary/aromatic N) is 3. The molecule has 1 unspecified atom stereocenters. The van der Waals surface area contributed by atoms with E-state index in [1.165, 1.54) is 5.56 Å². The number of rotatable bonds is 3. The van der Waals surface area contributed by atoms with Crippen LogP contribution < -0.4 is 5.32 Å². The van der Waals surface area contributed by atoms with Crippen LogP contribution in [0.5, 0.6) is 0 Å². The Morgan fingerprint density at radius 1 is 1.00 bits per heavy atom. The van der Waals surface area contributed by atoms with E-state index in [0.717, 1.165) is 46.8 Å². The number of aromatic nitrogens is 2. The summed E-state index contributed by atoms with van der Waals surface area (Å²) in [5, 5.41) is 4.49. The van der Waals surface area contributed by atoms with Crippen molar-refractivity contribution >= 4 is 22.4 Å². The first kappa shape index (κ1) is 15.8. The maximum atomic E-state index is 4.96. The molecule has 4 heteroatoms. The lowest BCUT2D eigenvalue weighted by molar-refractivity contribution is 0.487. The number of para-hydroxylation sites is 2. The summed E-state index contributed by atoms with van der Waals surface area (Å²) in [5.41, 5.74) is 4.08. The van der Waals surface area contributed by atoms with Gasteiger partial charge in [-0.3, -0.25) is 4.99 Å². The fourth-order valence-corrected chi connectivity index (χ4v) is 3.66. The first-order valence-electron chi connectivity index (χ1n) is 8.76. The van der Waals surface area contributed by atoms with Crippen molar-refractivity contribution in [1.82, 2.24) is 9.97 Å². The predicted octanol–water partition coefficient (Wildman–Crippen LogP) is 4.49. The maximum absolute atomic E-state index is 4.96. The lowest BCUT2D eigenvalue weighted by Crippen LogP contribution is -2.32. The third-order valence-electron chi connectivity index (χ3n) is 4.79. The third-order valence-corrected chi connectivity index (χ3v) is 4.79. The number of amidine groups is 1. The summed E-state index contributed by atoms with van der Waals surface area (Å²) in [7, 11) is 0. The highest BCUT2D eigenvalue weighted by molar-refractivity contribution is 5.96. The van der Waals surface area contributed by atoms with E-state index in [1.807, 2.05) is 19.1 Å². The molecule has 3 aromatic rings. The van der Waals surface area contributed by atoms with Gasteiger partial charge in [-0.2, -0.15) is 0 Å². The van der Waals surface area contributed by atoms with Crippen LogP contribution in [-0.2, 0) is 18.4 Å². The summed E-state index contributed by atoms with van der Waals surface area (Å²) in [6.07, 6.45) is 1.58. The molecule has 1 aliphatic rings. The van der Waals surface area contributed by atoms with E-state index in [4.69, 9.17) is 9.98 Å². The van der Waals surface area contributed by atoms with Crippen molar-refractivity contribution in [2.75, 3.05) is 5.32 Å². The first-order valence-corrected chi connectivity index (χ1v) is 8.76. The number of fused-ring (bicyclic) bond motifs is 2. The summed E-state index contributed by atoms with van der Waals surface area (Å²) in [6.45, 7) is 6.31. The van der Waals surface area contributed by atoms with Crippen LogP contribution in [0.4, 0.5) is 5.69 Å². The topological polar surface area (TPSA) is 50.2 Å². The van der Waals surface area contributed by atoms with Crippen LogP contribution in [0, 0.1) is 0 Å². The minimum Gasteiger partial charge on any atom is -0.344 e. The lowest BCUT2D eigenvalue weighted by Gasteiger charge is -2.33. The number of aliphatic imine (C=N–C) groups is 1. The summed E-state index contributed by atoms with van der Waals surface area (Å²) in [5.74, 6) is 1.83. The Morgan fingerprint density at radius 3 is 2.60 bits per heavy atom. The number of hydrogen-bond donors (Lipinski definition) is 1. The molecule has 0 saturated heterocycles. The summed E-state index contributed by atoms with van der Waals surface area (Å²) < 4.78 is 0. The standard InChI is InChI=1S/C21H22N4/c1-4-20-23-17-11-7-5-9-15(17)19(24-20)13-21(3)16-10-6-8-12-18(16)22-14(2)25-21/h5-12H,4,13H2,1-3H3,(H,22,25). The molecule has 0 bridgehead atoms. The van der Waals surface area contributed by atoms with E-state index in [2.05, 4.69) is 60.5 Å². The molecule has 25 heavy (non-hydrogen) atoms. The molecule has 1 aromatic heterocycles. The molecule has 0 fully saturated rings. The molecule has 0 saturated carbocycles. The van der Waals surface area contributed by atoms with E-state index in [0.29, 0.717) is 0 Å². The number of anilines is 1. The zero-order valence-electron chi connectivity index (χ0n) is 14.9. The average molecular weight is 330 g/mol. The smallest absolute Gasteiger partial charge is 0.129 e. The Balaban J connectivity index is 1.87. The molecule has 0 amide bonds. The highest BCUT2D eigenvalue weighted by Gasteiger charge is 2.33. The molecule has 1 atom stereocenters. The molecular formula is C21H22N4. The van der Waals surface area contributed by atoms with E-state index in [1.54, 1.807) is 0 Å². The molecule has 0 aliphatic carbocycles. The summed E-state index contributed by atoms with van der Waals surface area (Å²) >= 11 is 0. The summed E-state index contributed by atoms with van der Waals surface area (Å²) in [6, 6.07) is 16.6. The fourth-order valence-electron chi connectivity index (χ4n) is 3.66. The van der Waals surface area contributed by atoms with Crippen molar-refractivity contribution in [3.05, 3.63) is 65.6 Å². The van der Waals surface area contributed by atoms with Gasteiger partial charge < -0.3 is 5.32 Å². The van der Waals surface area contributed by atoms with Crippen LogP contribution in [0.15, 0.2) is 53.5 Å². The highest BCUT2D eigenvalue weighted by Crippen LogP contribution is 2.38. The van der Waals surface area contributed by atoms with Crippen molar-refractivity contribution in [3.8, 4) is 0 Å². The van der Waals surface area contributed by atoms with Crippen molar-refractivity contribution in [1.29, 1.82) is 0 Å². The monoisotopic (exact) mass is 330 g/mol. The van der Waals surface area contributed by atoms with E-state index in [9.17, 15) is 0 Å². The molecule has 2 heterocycles. The molecule has 1 aliphatic heterocycles. The number of aryl methyl sites for hydroxylation is 1. The number of nitrogens with one attached hydrogen (secondary N) is 1.